The van der Waals surface area contributed by atoms with Crippen LogP contribution in [-0.4, -0.2) is 0 Å². The predicted molar refractivity (Wildman–Crippen MR) is 278 cm³/mol. The highest BCUT2D eigenvalue weighted by molar-refractivity contribution is 6.28. The highest BCUT2D eigenvalue weighted by Gasteiger charge is 2.24. The maximum atomic E-state index is 6.90. The Balaban J connectivity index is 0.958. The molecule has 6 heteroatoms. The van der Waals surface area contributed by atoms with Crippen LogP contribution in [0.2, 0.25) is 0 Å². The molecule has 0 fully saturated rings. The lowest BCUT2D eigenvalue weighted by molar-refractivity contribution is 0.482. The maximum absolute atomic E-state index is 6.90. The number of hydrogen-bond acceptors (Lipinski definition) is 6. The second-order valence-electron chi connectivity index (χ2n) is 16.8. The van der Waals surface area contributed by atoms with Crippen molar-refractivity contribution in [2.24, 2.45) is 0 Å². The van der Waals surface area contributed by atoms with Crippen molar-refractivity contribution < 1.29 is 18.3 Å². The van der Waals surface area contributed by atoms with Gasteiger partial charge in [0.1, 0.15) is 45.3 Å². The van der Waals surface area contributed by atoms with Crippen molar-refractivity contribution in [3.8, 4) is 23.0 Å². The highest BCUT2D eigenvalue weighted by atomic mass is 16.5. The lowest BCUT2D eigenvalue weighted by atomic mass is 9.98. The summed E-state index contributed by atoms with van der Waals surface area (Å²) >= 11 is 0. The van der Waals surface area contributed by atoms with Crippen LogP contribution < -0.4 is 19.3 Å². The zero-order valence-electron chi connectivity index (χ0n) is 36.6. The molecule has 13 aromatic rings. The number of fused-ring (bicyclic) bond motifs is 10. The number of rotatable bonds is 10. The van der Waals surface area contributed by atoms with E-state index in [1.54, 1.807) is 0 Å². The first-order valence-corrected chi connectivity index (χ1v) is 22.7. The molecule has 13 rings (SSSR count). The molecule has 11 aromatic carbocycles. The van der Waals surface area contributed by atoms with E-state index >= 15 is 0 Å². The van der Waals surface area contributed by atoms with E-state index in [-0.39, 0.29) is 0 Å². The molecule has 0 radical (unpaired) electrons. The summed E-state index contributed by atoms with van der Waals surface area (Å²) in [4.78, 5) is 4.58. The Kier molecular flexibility index (Phi) is 9.39. The Morgan fingerprint density at radius 2 is 0.574 bits per heavy atom. The number of para-hydroxylation sites is 4. The quantitative estimate of drug-likeness (QED) is 0.136. The van der Waals surface area contributed by atoms with Crippen molar-refractivity contribution in [3.05, 3.63) is 243 Å². The lowest BCUT2D eigenvalue weighted by Crippen LogP contribution is -2.10. The topological polar surface area (TPSA) is 51.2 Å². The molecule has 68 heavy (non-hydrogen) atoms. The molecule has 0 saturated carbocycles. The summed E-state index contributed by atoms with van der Waals surface area (Å²) in [5, 5.41) is 8.58. The van der Waals surface area contributed by atoms with Gasteiger partial charge >= 0.3 is 0 Å². The van der Waals surface area contributed by atoms with Crippen LogP contribution in [0.4, 0.5) is 34.1 Å². The van der Waals surface area contributed by atoms with Crippen molar-refractivity contribution in [2.75, 3.05) is 9.80 Å². The van der Waals surface area contributed by atoms with Gasteiger partial charge in [0.25, 0.3) is 0 Å². The molecule has 0 bridgehead atoms. The second-order valence-corrected chi connectivity index (χ2v) is 16.8. The van der Waals surface area contributed by atoms with Crippen LogP contribution in [0.5, 0.6) is 23.0 Å². The Morgan fingerprint density at radius 3 is 0.971 bits per heavy atom. The molecule has 0 saturated heterocycles. The minimum Gasteiger partial charge on any atom is -0.457 e. The van der Waals surface area contributed by atoms with Gasteiger partial charge in [-0.3, -0.25) is 0 Å². The third-order valence-electron chi connectivity index (χ3n) is 12.7. The third-order valence-corrected chi connectivity index (χ3v) is 12.7. The maximum Gasteiger partial charge on any atom is 0.139 e. The Bertz CT molecular complexity index is 3690. The number of hydrogen-bond donors (Lipinski definition) is 0. The van der Waals surface area contributed by atoms with Gasteiger partial charge in [-0.05, 0) is 114 Å². The van der Waals surface area contributed by atoms with E-state index in [1.807, 2.05) is 97.1 Å². The molecule has 322 valence electrons. The van der Waals surface area contributed by atoms with Gasteiger partial charge in [-0.15, -0.1) is 0 Å². The number of furan rings is 2. The van der Waals surface area contributed by atoms with Gasteiger partial charge in [-0.25, -0.2) is 0 Å². The summed E-state index contributed by atoms with van der Waals surface area (Å²) < 4.78 is 26.2. The molecule has 0 N–H and O–H groups in total. The van der Waals surface area contributed by atoms with Crippen LogP contribution in [0, 0.1) is 0 Å². The van der Waals surface area contributed by atoms with Crippen LogP contribution in [0.3, 0.4) is 0 Å². The van der Waals surface area contributed by atoms with Gasteiger partial charge in [0.2, 0.25) is 0 Å². The van der Waals surface area contributed by atoms with Crippen molar-refractivity contribution in [1.29, 1.82) is 0 Å². The summed E-state index contributed by atoms with van der Waals surface area (Å²) in [6.07, 6.45) is 0. The first kappa shape index (κ1) is 39.1. The molecule has 6 nitrogen and oxygen atoms in total. The average molecular weight is 877 g/mol. The summed E-state index contributed by atoms with van der Waals surface area (Å²) in [6, 6.07) is 83.1. The number of anilines is 6. The van der Waals surface area contributed by atoms with Gasteiger partial charge in [0.05, 0.1) is 11.4 Å². The summed E-state index contributed by atoms with van der Waals surface area (Å²) in [7, 11) is 0. The SMILES string of the molecule is c1ccc(Oc2ccc(N(c3ccccc3)c3cc4oc5cc6oc7cc(N(c8ccccc8)c8ccc(Oc9ccccc9)cc8)c8ccccc8c7c6cc5c4c4ccccc34)cc2)cc1. The van der Waals surface area contributed by atoms with Crippen LogP contribution in [0.25, 0.3) is 65.4 Å². The van der Waals surface area contributed by atoms with Crippen molar-refractivity contribution in [3.63, 3.8) is 0 Å². The first-order chi connectivity index (χ1) is 33.7. The minimum absolute atomic E-state index is 0.760. The largest absolute Gasteiger partial charge is 0.457 e. The molecule has 0 amide bonds. The lowest BCUT2D eigenvalue weighted by Gasteiger charge is -2.27. The van der Waals surface area contributed by atoms with E-state index in [1.165, 1.54) is 0 Å². The number of ether oxygens (including phenoxy) is 2. The molecule has 0 atom stereocenters. The van der Waals surface area contributed by atoms with Gasteiger partial charge in [-0.2, -0.15) is 0 Å². The van der Waals surface area contributed by atoms with E-state index < -0.39 is 0 Å². The average Bonchev–Trinajstić information content (AvgIpc) is 3.95. The van der Waals surface area contributed by atoms with E-state index in [4.69, 9.17) is 18.3 Å². The Hall–Kier alpha value is -9.26. The smallest absolute Gasteiger partial charge is 0.139 e. The highest BCUT2D eigenvalue weighted by Crippen LogP contribution is 2.49. The minimum atomic E-state index is 0.760. The molecule has 0 aliphatic heterocycles. The van der Waals surface area contributed by atoms with Gasteiger partial charge in [-0.1, -0.05) is 121 Å². The Labute approximate surface area is 391 Å². The molecule has 2 heterocycles. The van der Waals surface area contributed by atoms with E-state index in [9.17, 15) is 0 Å². The fourth-order valence-electron chi connectivity index (χ4n) is 9.69. The number of benzene rings is 11. The second kappa shape index (κ2) is 16.3. The fraction of sp³-hybridized carbons (Fsp3) is 0. The van der Waals surface area contributed by atoms with Crippen molar-refractivity contribution in [1.82, 2.24) is 0 Å². The Morgan fingerprint density at radius 1 is 0.250 bits per heavy atom. The molecule has 0 aliphatic carbocycles. The summed E-state index contributed by atoms with van der Waals surface area (Å²) in [5.74, 6) is 3.11. The van der Waals surface area contributed by atoms with E-state index in [0.717, 1.165) is 123 Å². The standard InChI is InChI=1S/C62H40N2O4/c1-5-17-41(18-6-1)63(43-29-33-47(34-30-43)65-45-21-9-3-10-22-45)55-38-59-61(51-27-15-13-25-49(51)55)53-37-54-58(40-57(53)67-59)68-60-39-56(50-26-14-16-28-52(50)62(54)60)64(42-19-7-2-8-20-42)44-31-35-48(36-32-44)66-46-23-11-4-12-24-46/h1-40H. The molecular formula is C62H40N2O4. The van der Waals surface area contributed by atoms with Crippen LogP contribution >= 0.6 is 0 Å². The third kappa shape index (κ3) is 6.82. The molecular weight excluding hydrogens is 837 g/mol. The zero-order chi connectivity index (χ0) is 45.0. The van der Waals surface area contributed by atoms with Crippen LogP contribution in [0.15, 0.2) is 251 Å². The monoisotopic (exact) mass is 876 g/mol. The van der Waals surface area contributed by atoms with E-state index in [0.29, 0.717) is 0 Å². The summed E-state index contributed by atoms with van der Waals surface area (Å²) in [5.41, 5.74) is 9.15. The van der Waals surface area contributed by atoms with Crippen LogP contribution in [0.1, 0.15) is 0 Å². The van der Waals surface area contributed by atoms with Gasteiger partial charge in [0.15, 0.2) is 0 Å². The number of nitrogens with zero attached hydrogens (tertiary/aromatic N) is 2. The first-order valence-electron chi connectivity index (χ1n) is 22.7. The van der Waals surface area contributed by atoms with Gasteiger partial charge < -0.3 is 28.1 Å². The van der Waals surface area contributed by atoms with Crippen LogP contribution in [-0.2, 0) is 0 Å². The van der Waals surface area contributed by atoms with Gasteiger partial charge in [0, 0.05) is 73.3 Å². The normalized spacial score (nSPS) is 11.5. The van der Waals surface area contributed by atoms with Crippen molar-refractivity contribution >= 4 is 99.5 Å². The fourth-order valence-corrected chi connectivity index (χ4v) is 9.69. The van der Waals surface area contributed by atoms with Crippen molar-refractivity contribution in [2.45, 2.75) is 0 Å². The molecule has 0 unspecified atom stereocenters. The van der Waals surface area contributed by atoms with E-state index in [2.05, 4.69) is 155 Å². The molecule has 0 aliphatic rings. The molecule has 2 aromatic heterocycles. The zero-order valence-corrected chi connectivity index (χ0v) is 36.6. The molecule has 0 spiro atoms. The summed E-state index contributed by atoms with van der Waals surface area (Å²) in [6.45, 7) is 0. The predicted octanol–water partition coefficient (Wildman–Crippen LogP) is 18.3.